The molecule has 0 aromatic carbocycles. The van der Waals surface area contributed by atoms with Gasteiger partial charge in [-0.3, -0.25) is 0 Å². The van der Waals surface area contributed by atoms with Crippen LogP contribution in [-0.2, 0) is 10.0 Å². The van der Waals surface area contributed by atoms with Gasteiger partial charge in [-0.2, -0.15) is 0 Å². The van der Waals surface area contributed by atoms with E-state index in [9.17, 15) is 8.42 Å². The third-order valence-electron chi connectivity index (χ3n) is 2.34. The van der Waals surface area contributed by atoms with Gasteiger partial charge in [0.1, 0.15) is 0 Å². The van der Waals surface area contributed by atoms with Crippen molar-refractivity contribution in [2.75, 3.05) is 6.54 Å². The van der Waals surface area contributed by atoms with E-state index in [1.165, 1.54) is 0 Å². The topological polar surface area (TPSA) is 72.2 Å². The summed E-state index contributed by atoms with van der Waals surface area (Å²) in [6, 6.07) is -0.120. The average Bonchev–Trinajstić information content (AvgIpc) is 2.81. The van der Waals surface area contributed by atoms with Crippen molar-refractivity contribution < 1.29 is 8.42 Å². The van der Waals surface area contributed by atoms with Crippen LogP contribution in [0.1, 0.15) is 26.7 Å². The lowest BCUT2D eigenvalue weighted by atomic mass is 10.1. The molecule has 1 fully saturated rings. The minimum absolute atomic E-state index is 0.120. The lowest BCUT2D eigenvalue weighted by molar-refractivity contribution is 0.454. The molecule has 4 nitrogen and oxygen atoms in total. The van der Waals surface area contributed by atoms with E-state index in [0.29, 0.717) is 6.54 Å². The molecule has 1 unspecified atom stereocenters. The molecular weight excluding hydrogens is 188 g/mol. The van der Waals surface area contributed by atoms with Crippen molar-refractivity contribution in [2.45, 2.75) is 38.0 Å². The highest BCUT2D eigenvalue weighted by Gasteiger charge is 2.37. The minimum atomic E-state index is -3.07. The number of nitrogens with one attached hydrogen (secondary N) is 1. The molecule has 1 saturated carbocycles. The standard InChI is InChI=1S/C8H18N2O2S/c1-6(2)8(5-9)10-13(11,12)7-3-4-7/h6-8,10H,3-5,9H2,1-2H3. The molecule has 1 atom stereocenters. The summed E-state index contributed by atoms with van der Waals surface area (Å²) >= 11 is 0. The number of rotatable bonds is 5. The molecule has 0 aliphatic heterocycles. The summed E-state index contributed by atoms with van der Waals surface area (Å²) < 4.78 is 25.7. The average molecular weight is 206 g/mol. The predicted molar refractivity (Wildman–Crippen MR) is 52.8 cm³/mol. The molecule has 0 saturated heterocycles. The molecule has 5 heteroatoms. The normalized spacial score (nSPS) is 20.6. The van der Waals surface area contributed by atoms with Crippen molar-refractivity contribution in [3.8, 4) is 0 Å². The Bertz CT molecular complexity index is 257. The molecule has 0 aromatic heterocycles. The van der Waals surface area contributed by atoms with Crippen LogP contribution in [0.15, 0.2) is 0 Å². The maximum atomic E-state index is 11.5. The molecule has 3 N–H and O–H groups in total. The van der Waals surface area contributed by atoms with Gasteiger partial charge in [-0.05, 0) is 18.8 Å². The van der Waals surface area contributed by atoms with Gasteiger partial charge in [-0.15, -0.1) is 0 Å². The Hall–Kier alpha value is -0.130. The van der Waals surface area contributed by atoms with Crippen molar-refractivity contribution >= 4 is 10.0 Å². The van der Waals surface area contributed by atoms with Gasteiger partial charge in [0.2, 0.25) is 10.0 Å². The summed E-state index contributed by atoms with van der Waals surface area (Å²) in [6.45, 7) is 4.30. The summed E-state index contributed by atoms with van der Waals surface area (Å²) in [6.07, 6.45) is 1.59. The predicted octanol–water partition coefficient (Wildman–Crippen LogP) is 0.0515. The van der Waals surface area contributed by atoms with E-state index in [2.05, 4.69) is 4.72 Å². The van der Waals surface area contributed by atoms with E-state index in [1.54, 1.807) is 0 Å². The lowest BCUT2D eigenvalue weighted by Crippen LogP contribution is -2.44. The summed E-state index contributed by atoms with van der Waals surface area (Å²) in [5.74, 6) is 0.249. The molecule has 78 valence electrons. The third-order valence-corrected chi connectivity index (χ3v) is 4.32. The Morgan fingerprint density at radius 2 is 2.00 bits per heavy atom. The van der Waals surface area contributed by atoms with E-state index in [4.69, 9.17) is 5.73 Å². The minimum Gasteiger partial charge on any atom is -0.329 e. The molecule has 0 spiro atoms. The fourth-order valence-corrected chi connectivity index (χ4v) is 2.88. The fourth-order valence-electron chi connectivity index (χ4n) is 1.14. The maximum Gasteiger partial charge on any atom is 0.214 e. The molecule has 0 amide bonds. The number of hydrogen-bond donors (Lipinski definition) is 2. The molecule has 0 aromatic rings. The van der Waals surface area contributed by atoms with Crippen molar-refractivity contribution in [2.24, 2.45) is 11.7 Å². The van der Waals surface area contributed by atoms with Gasteiger partial charge >= 0.3 is 0 Å². The van der Waals surface area contributed by atoms with Crippen LogP contribution in [0.4, 0.5) is 0 Å². The van der Waals surface area contributed by atoms with Crippen LogP contribution in [0, 0.1) is 5.92 Å². The molecule has 0 bridgehead atoms. The first kappa shape index (κ1) is 10.9. The van der Waals surface area contributed by atoms with Gasteiger partial charge in [0.25, 0.3) is 0 Å². The monoisotopic (exact) mass is 206 g/mol. The Morgan fingerprint density at radius 1 is 1.46 bits per heavy atom. The molecule has 1 aliphatic rings. The molecule has 0 radical (unpaired) electrons. The summed E-state index contributed by atoms with van der Waals surface area (Å²) in [5, 5.41) is -0.153. The van der Waals surface area contributed by atoms with Crippen LogP contribution in [-0.4, -0.2) is 26.3 Å². The summed E-state index contributed by atoms with van der Waals surface area (Å²) in [4.78, 5) is 0. The van der Waals surface area contributed by atoms with Crippen molar-refractivity contribution in [1.82, 2.24) is 4.72 Å². The van der Waals surface area contributed by atoms with Gasteiger partial charge in [-0.25, -0.2) is 13.1 Å². The summed E-state index contributed by atoms with van der Waals surface area (Å²) in [7, 11) is -3.07. The Morgan fingerprint density at radius 3 is 2.31 bits per heavy atom. The van der Waals surface area contributed by atoms with Crippen LogP contribution in [0.5, 0.6) is 0 Å². The van der Waals surface area contributed by atoms with Gasteiger partial charge < -0.3 is 5.73 Å². The first-order valence-corrected chi connectivity index (χ1v) is 6.23. The second-order valence-corrected chi connectivity index (χ2v) is 5.94. The molecule has 1 aliphatic carbocycles. The highest BCUT2D eigenvalue weighted by atomic mass is 32.2. The maximum absolute atomic E-state index is 11.5. The molecular formula is C8H18N2O2S. The zero-order valence-corrected chi connectivity index (χ0v) is 8.97. The van der Waals surface area contributed by atoms with Gasteiger partial charge in [0.15, 0.2) is 0 Å². The number of nitrogens with two attached hydrogens (primary N) is 1. The van der Waals surface area contributed by atoms with E-state index in [1.807, 2.05) is 13.8 Å². The largest absolute Gasteiger partial charge is 0.329 e. The van der Waals surface area contributed by atoms with Crippen molar-refractivity contribution in [1.29, 1.82) is 0 Å². The van der Waals surface area contributed by atoms with E-state index >= 15 is 0 Å². The van der Waals surface area contributed by atoms with Crippen molar-refractivity contribution in [3.05, 3.63) is 0 Å². The second-order valence-electron chi connectivity index (χ2n) is 3.95. The second kappa shape index (κ2) is 3.94. The lowest BCUT2D eigenvalue weighted by Gasteiger charge is -2.20. The number of sulfonamides is 1. The first-order valence-electron chi connectivity index (χ1n) is 4.68. The molecule has 1 rings (SSSR count). The Labute approximate surface area is 79.9 Å². The number of hydrogen-bond acceptors (Lipinski definition) is 3. The van der Waals surface area contributed by atoms with Gasteiger partial charge in [0, 0.05) is 12.6 Å². The SMILES string of the molecule is CC(C)C(CN)NS(=O)(=O)C1CC1. The van der Waals surface area contributed by atoms with Crippen LogP contribution < -0.4 is 10.5 Å². The molecule has 0 heterocycles. The van der Waals surface area contributed by atoms with Crippen LogP contribution in [0.2, 0.25) is 0 Å². The zero-order valence-electron chi connectivity index (χ0n) is 8.16. The van der Waals surface area contributed by atoms with Gasteiger partial charge in [0.05, 0.1) is 5.25 Å². The zero-order chi connectivity index (χ0) is 10.1. The van der Waals surface area contributed by atoms with E-state index in [-0.39, 0.29) is 17.2 Å². The van der Waals surface area contributed by atoms with E-state index in [0.717, 1.165) is 12.8 Å². The van der Waals surface area contributed by atoms with Crippen molar-refractivity contribution in [3.63, 3.8) is 0 Å². The smallest absolute Gasteiger partial charge is 0.214 e. The highest BCUT2D eigenvalue weighted by Crippen LogP contribution is 2.27. The van der Waals surface area contributed by atoms with Crippen LogP contribution in [0.25, 0.3) is 0 Å². The fraction of sp³-hybridized carbons (Fsp3) is 1.00. The third kappa shape index (κ3) is 2.93. The van der Waals surface area contributed by atoms with Gasteiger partial charge in [-0.1, -0.05) is 13.8 Å². The van der Waals surface area contributed by atoms with Crippen LogP contribution >= 0.6 is 0 Å². The first-order chi connectivity index (χ1) is 5.97. The quantitative estimate of drug-likeness (QED) is 0.667. The van der Waals surface area contributed by atoms with Crippen LogP contribution in [0.3, 0.4) is 0 Å². The molecule has 13 heavy (non-hydrogen) atoms. The Kier molecular flexibility index (Phi) is 3.32. The van der Waals surface area contributed by atoms with E-state index < -0.39 is 10.0 Å². The highest BCUT2D eigenvalue weighted by molar-refractivity contribution is 7.90. The Balaban J connectivity index is 2.54. The summed E-state index contributed by atoms with van der Waals surface area (Å²) in [5.41, 5.74) is 5.47.